The molecule has 1 aliphatic heterocycles. The zero-order valence-corrected chi connectivity index (χ0v) is 10.1. The molecule has 5 heteroatoms. The summed E-state index contributed by atoms with van der Waals surface area (Å²) in [6, 6.07) is -0.174. The predicted octanol–water partition coefficient (Wildman–Crippen LogP) is 1.12. The van der Waals surface area contributed by atoms with Gasteiger partial charge in [0, 0.05) is 13.0 Å². The fourth-order valence-electron chi connectivity index (χ4n) is 1.23. The Balaban J connectivity index is 2.13. The molecule has 1 rings (SSSR count). The fraction of sp³-hybridized carbons (Fsp3) is 0.667. The Kier molecular flexibility index (Phi) is 6.13. The van der Waals surface area contributed by atoms with Crippen LogP contribution in [0.25, 0.3) is 0 Å². The van der Waals surface area contributed by atoms with Gasteiger partial charge < -0.3 is 4.74 Å². The van der Waals surface area contributed by atoms with Crippen molar-refractivity contribution >= 4 is 28.6 Å². The van der Waals surface area contributed by atoms with Gasteiger partial charge in [-0.05, 0) is 16.9 Å². The first kappa shape index (κ1) is 11.9. The minimum absolute atomic E-state index is 0.154. The van der Waals surface area contributed by atoms with Crippen molar-refractivity contribution in [2.45, 2.75) is 25.3 Å². The van der Waals surface area contributed by atoms with Gasteiger partial charge in [0.05, 0.1) is 6.61 Å². The van der Waals surface area contributed by atoms with Gasteiger partial charge in [0.15, 0.2) is 0 Å². The standard InChI is InChI=1S/C9H15IN2O2/c10-5-1-2-7-14-9(13)8-4-3-6-11-12-8/h1,5,8,11-12H,2-4,6-7H2/b5-1+/t8-/m0/s1. The van der Waals surface area contributed by atoms with Crippen LogP contribution in [0.4, 0.5) is 0 Å². The number of carbonyl (C=O) groups is 1. The zero-order valence-electron chi connectivity index (χ0n) is 7.96. The van der Waals surface area contributed by atoms with Gasteiger partial charge in [-0.25, -0.2) is 5.43 Å². The Morgan fingerprint density at radius 3 is 3.14 bits per heavy atom. The average Bonchev–Trinajstić information content (AvgIpc) is 2.25. The molecule has 14 heavy (non-hydrogen) atoms. The maximum atomic E-state index is 11.4. The lowest BCUT2D eigenvalue weighted by molar-refractivity contribution is -0.147. The van der Waals surface area contributed by atoms with E-state index in [9.17, 15) is 4.79 Å². The summed E-state index contributed by atoms with van der Waals surface area (Å²) in [5, 5.41) is 0. The smallest absolute Gasteiger partial charge is 0.324 e. The minimum Gasteiger partial charge on any atom is -0.464 e. The summed E-state index contributed by atoms with van der Waals surface area (Å²) in [6.45, 7) is 1.39. The summed E-state index contributed by atoms with van der Waals surface area (Å²) < 4.78 is 7.01. The number of halogens is 1. The van der Waals surface area contributed by atoms with Crippen LogP contribution in [0.1, 0.15) is 19.3 Å². The summed E-state index contributed by atoms with van der Waals surface area (Å²) in [5.74, 6) is -0.154. The second-order valence-electron chi connectivity index (χ2n) is 3.08. The summed E-state index contributed by atoms with van der Waals surface area (Å²) in [5.41, 5.74) is 5.87. The molecule has 0 unspecified atom stereocenters. The molecule has 0 aromatic carbocycles. The molecule has 80 valence electrons. The summed E-state index contributed by atoms with van der Waals surface area (Å²) >= 11 is 2.14. The molecule has 2 N–H and O–H groups in total. The quantitative estimate of drug-likeness (QED) is 0.464. The predicted molar refractivity (Wildman–Crippen MR) is 62.9 cm³/mol. The monoisotopic (exact) mass is 310 g/mol. The number of hydrazine groups is 1. The molecular formula is C9H15IN2O2. The van der Waals surface area contributed by atoms with E-state index in [4.69, 9.17) is 4.74 Å². The Morgan fingerprint density at radius 1 is 1.64 bits per heavy atom. The molecule has 0 bridgehead atoms. The van der Waals surface area contributed by atoms with E-state index in [1.165, 1.54) is 0 Å². The number of rotatable bonds is 4. The number of carbonyl (C=O) groups excluding carboxylic acids is 1. The molecule has 1 aliphatic rings. The van der Waals surface area contributed by atoms with Crippen LogP contribution in [0.15, 0.2) is 10.2 Å². The minimum atomic E-state index is -0.174. The van der Waals surface area contributed by atoms with Gasteiger partial charge in [0.2, 0.25) is 0 Å². The number of hydrogen-bond acceptors (Lipinski definition) is 4. The van der Waals surface area contributed by atoms with Crippen molar-refractivity contribution in [3.8, 4) is 0 Å². The van der Waals surface area contributed by atoms with Crippen molar-refractivity contribution in [3.63, 3.8) is 0 Å². The third-order valence-electron chi connectivity index (χ3n) is 1.97. The van der Waals surface area contributed by atoms with Gasteiger partial charge in [-0.1, -0.05) is 28.7 Å². The fourth-order valence-corrected chi connectivity index (χ4v) is 1.59. The molecule has 0 spiro atoms. The van der Waals surface area contributed by atoms with Crippen LogP contribution in [0, 0.1) is 0 Å². The zero-order chi connectivity index (χ0) is 10.2. The lowest BCUT2D eigenvalue weighted by atomic mass is 10.1. The molecule has 0 aliphatic carbocycles. The molecule has 1 heterocycles. The van der Waals surface area contributed by atoms with Crippen LogP contribution < -0.4 is 10.9 Å². The normalized spacial score (nSPS) is 22.5. The number of esters is 1. The summed E-state index contributed by atoms with van der Waals surface area (Å²) in [6.07, 6.45) is 4.63. The Morgan fingerprint density at radius 2 is 2.50 bits per heavy atom. The van der Waals surface area contributed by atoms with Crippen LogP contribution in [-0.4, -0.2) is 25.2 Å². The van der Waals surface area contributed by atoms with Crippen LogP contribution >= 0.6 is 22.6 Å². The SMILES string of the molecule is O=C(OCC/C=C/I)[C@@H]1CCCNN1. The van der Waals surface area contributed by atoms with E-state index in [1.54, 1.807) is 0 Å². The molecule has 0 saturated carbocycles. The van der Waals surface area contributed by atoms with Gasteiger partial charge in [0.1, 0.15) is 6.04 Å². The number of ether oxygens (including phenoxy) is 1. The Hall–Kier alpha value is -0.140. The van der Waals surface area contributed by atoms with E-state index in [-0.39, 0.29) is 12.0 Å². The molecule has 4 nitrogen and oxygen atoms in total. The van der Waals surface area contributed by atoms with Crippen LogP contribution in [0.2, 0.25) is 0 Å². The van der Waals surface area contributed by atoms with Crippen molar-refractivity contribution < 1.29 is 9.53 Å². The maximum absolute atomic E-state index is 11.4. The first-order chi connectivity index (χ1) is 6.84. The highest BCUT2D eigenvalue weighted by atomic mass is 127. The van der Waals surface area contributed by atoms with Gasteiger partial charge in [-0.2, -0.15) is 0 Å². The molecular weight excluding hydrogens is 295 g/mol. The summed E-state index contributed by atoms with van der Waals surface area (Å²) in [7, 11) is 0. The first-order valence-corrected chi connectivity index (χ1v) is 5.99. The second-order valence-corrected chi connectivity index (χ2v) is 3.80. The van der Waals surface area contributed by atoms with Gasteiger partial charge >= 0.3 is 5.97 Å². The molecule has 1 atom stereocenters. The highest BCUT2D eigenvalue weighted by Crippen LogP contribution is 2.03. The topological polar surface area (TPSA) is 50.4 Å². The highest BCUT2D eigenvalue weighted by Gasteiger charge is 2.21. The van der Waals surface area contributed by atoms with Gasteiger partial charge in [-0.15, -0.1) is 0 Å². The van der Waals surface area contributed by atoms with E-state index >= 15 is 0 Å². The molecule has 0 amide bonds. The van der Waals surface area contributed by atoms with Crippen LogP contribution in [-0.2, 0) is 9.53 Å². The van der Waals surface area contributed by atoms with Gasteiger partial charge in [0.25, 0.3) is 0 Å². The third-order valence-corrected chi connectivity index (χ3v) is 2.48. The van der Waals surface area contributed by atoms with Crippen molar-refractivity contribution in [1.29, 1.82) is 0 Å². The lowest BCUT2D eigenvalue weighted by Crippen LogP contribution is -2.50. The first-order valence-electron chi connectivity index (χ1n) is 4.75. The number of hydrogen-bond donors (Lipinski definition) is 2. The Labute approximate surface area is 97.6 Å². The van der Waals surface area contributed by atoms with Gasteiger partial charge in [-0.3, -0.25) is 10.2 Å². The van der Waals surface area contributed by atoms with E-state index < -0.39 is 0 Å². The van der Waals surface area contributed by atoms with E-state index in [1.807, 2.05) is 10.2 Å². The molecule has 0 radical (unpaired) electrons. The van der Waals surface area contributed by atoms with Crippen molar-refractivity contribution in [1.82, 2.24) is 10.9 Å². The van der Waals surface area contributed by atoms with Crippen molar-refractivity contribution in [2.24, 2.45) is 0 Å². The lowest BCUT2D eigenvalue weighted by Gasteiger charge is -2.22. The molecule has 1 saturated heterocycles. The van der Waals surface area contributed by atoms with E-state index in [0.717, 1.165) is 25.8 Å². The molecule has 0 aromatic heterocycles. The third kappa shape index (κ3) is 4.39. The van der Waals surface area contributed by atoms with E-state index in [2.05, 4.69) is 33.4 Å². The van der Waals surface area contributed by atoms with E-state index in [0.29, 0.717) is 6.61 Å². The van der Waals surface area contributed by atoms with Crippen LogP contribution in [0.5, 0.6) is 0 Å². The molecule has 0 aromatic rings. The van der Waals surface area contributed by atoms with Crippen molar-refractivity contribution in [2.75, 3.05) is 13.2 Å². The van der Waals surface area contributed by atoms with Crippen molar-refractivity contribution in [3.05, 3.63) is 10.2 Å². The highest BCUT2D eigenvalue weighted by molar-refractivity contribution is 14.1. The summed E-state index contributed by atoms with van der Waals surface area (Å²) in [4.78, 5) is 11.4. The maximum Gasteiger partial charge on any atom is 0.324 e. The second kappa shape index (κ2) is 7.19. The average molecular weight is 310 g/mol. The number of nitrogens with one attached hydrogen (secondary N) is 2. The largest absolute Gasteiger partial charge is 0.464 e. The van der Waals surface area contributed by atoms with Crippen LogP contribution in [0.3, 0.4) is 0 Å². The molecule has 1 fully saturated rings. The Bertz CT molecular complexity index is 203.